The quantitative estimate of drug-likeness (QED) is 0.535. The average Bonchev–Trinajstić information content (AvgIpc) is 3.37. The predicted molar refractivity (Wildman–Crippen MR) is 110 cm³/mol. The first-order valence-electron chi connectivity index (χ1n) is 9.17. The van der Waals surface area contributed by atoms with Gasteiger partial charge in [-0.1, -0.05) is 42.5 Å². The zero-order valence-corrected chi connectivity index (χ0v) is 15.6. The fourth-order valence-corrected chi connectivity index (χ4v) is 3.24. The number of benzene rings is 2. The van der Waals surface area contributed by atoms with Crippen molar-refractivity contribution in [3.05, 3.63) is 78.9 Å². The fourth-order valence-electron chi connectivity index (χ4n) is 3.24. The lowest BCUT2D eigenvalue weighted by Crippen LogP contribution is -2.05. The lowest BCUT2D eigenvalue weighted by atomic mass is 10.0. The highest BCUT2D eigenvalue weighted by atomic mass is 16.1. The van der Waals surface area contributed by atoms with Crippen LogP contribution in [0.5, 0.6) is 0 Å². The van der Waals surface area contributed by atoms with E-state index in [1.807, 2.05) is 61.2 Å². The third-order valence-electron chi connectivity index (χ3n) is 4.56. The molecule has 0 saturated heterocycles. The first-order chi connectivity index (χ1) is 13.7. The van der Waals surface area contributed by atoms with Crippen LogP contribution in [0.2, 0.25) is 0 Å². The molecular weight excluding hydrogens is 350 g/mol. The Labute approximate surface area is 163 Å². The maximum Gasteiger partial charge on any atom is 0.221 e. The van der Waals surface area contributed by atoms with Gasteiger partial charge in [-0.05, 0) is 24.1 Å². The average molecular weight is 371 g/mol. The molecule has 6 nitrogen and oxygen atoms in total. The smallest absolute Gasteiger partial charge is 0.221 e. The highest BCUT2D eigenvalue weighted by Gasteiger charge is 2.15. The van der Waals surface area contributed by atoms with Gasteiger partial charge in [-0.3, -0.25) is 9.89 Å². The summed E-state index contributed by atoms with van der Waals surface area (Å²) in [4.78, 5) is 16.0. The fraction of sp³-hybridized carbons (Fsp3) is 0.136. The molecule has 0 radical (unpaired) electrons. The molecule has 0 bridgehead atoms. The highest BCUT2D eigenvalue weighted by molar-refractivity contribution is 5.89. The highest BCUT2D eigenvalue weighted by Crippen LogP contribution is 2.32. The number of anilines is 1. The topological polar surface area (TPSA) is 75.6 Å². The molecule has 140 valence electrons. The van der Waals surface area contributed by atoms with Crippen LogP contribution in [0.3, 0.4) is 0 Å². The first kappa shape index (κ1) is 17.7. The third-order valence-corrected chi connectivity index (χ3v) is 4.56. The van der Waals surface area contributed by atoms with E-state index in [1.165, 1.54) is 6.92 Å². The van der Waals surface area contributed by atoms with Gasteiger partial charge in [0.05, 0.1) is 23.9 Å². The second-order valence-electron chi connectivity index (χ2n) is 6.62. The number of hydrogen-bond acceptors (Lipinski definition) is 3. The van der Waals surface area contributed by atoms with Crippen molar-refractivity contribution in [2.24, 2.45) is 0 Å². The summed E-state index contributed by atoms with van der Waals surface area (Å²) < 4.78 is 2.17. The number of imidazole rings is 1. The minimum absolute atomic E-state index is 0.0807. The molecule has 0 aliphatic rings. The van der Waals surface area contributed by atoms with Gasteiger partial charge in [0.15, 0.2) is 0 Å². The number of nitrogens with zero attached hydrogens (tertiary/aromatic N) is 3. The molecule has 1 amide bonds. The summed E-state index contributed by atoms with van der Waals surface area (Å²) in [6.07, 6.45) is 6.51. The Hall–Kier alpha value is -3.67. The third kappa shape index (κ3) is 3.86. The van der Waals surface area contributed by atoms with E-state index in [0.717, 1.165) is 46.7 Å². The molecule has 2 heterocycles. The molecule has 2 aromatic carbocycles. The molecule has 4 rings (SSSR count). The van der Waals surface area contributed by atoms with Gasteiger partial charge in [0, 0.05) is 36.5 Å². The van der Waals surface area contributed by atoms with Crippen LogP contribution in [-0.4, -0.2) is 25.7 Å². The summed E-state index contributed by atoms with van der Waals surface area (Å²) in [7, 11) is 0. The van der Waals surface area contributed by atoms with Crippen molar-refractivity contribution >= 4 is 11.6 Å². The number of carbonyl (C=O) groups is 1. The summed E-state index contributed by atoms with van der Waals surface area (Å²) in [6, 6.07) is 18.0. The molecule has 28 heavy (non-hydrogen) atoms. The molecular formula is C22H21N5O. The molecule has 0 aliphatic carbocycles. The second-order valence-corrected chi connectivity index (χ2v) is 6.62. The van der Waals surface area contributed by atoms with Crippen molar-refractivity contribution < 1.29 is 4.79 Å². The standard InChI is InChI=1S/C22H21N5O/c1-16(28)26-20-9-7-19(8-10-20)22-21(18-5-3-2-4-6-18)23-15-27(22)12-11-17-13-24-25-14-17/h2-10,13-15H,11-12H2,1H3,(H,24,25)(H,26,28). The SMILES string of the molecule is CC(=O)Nc1ccc(-c2c(-c3ccccc3)ncn2CCc2cn[nH]c2)cc1. The molecule has 0 spiro atoms. The number of aromatic amines is 1. The Balaban J connectivity index is 1.71. The zero-order chi connectivity index (χ0) is 19.3. The summed E-state index contributed by atoms with van der Waals surface area (Å²) in [5, 5.41) is 9.68. The van der Waals surface area contributed by atoms with Crippen LogP contribution in [0.1, 0.15) is 12.5 Å². The first-order valence-corrected chi connectivity index (χ1v) is 9.17. The number of carbonyl (C=O) groups excluding carboxylic acids is 1. The van der Waals surface area contributed by atoms with E-state index in [0.29, 0.717) is 0 Å². The van der Waals surface area contributed by atoms with E-state index < -0.39 is 0 Å². The van der Waals surface area contributed by atoms with Crippen molar-refractivity contribution in [1.82, 2.24) is 19.7 Å². The Morgan fingerprint density at radius 2 is 1.86 bits per heavy atom. The van der Waals surface area contributed by atoms with Gasteiger partial charge < -0.3 is 9.88 Å². The Morgan fingerprint density at radius 1 is 1.07 bits per heavy atom. The summed E-state index contributed by atoms with van der Waals surface area (Å²) >= 11 is 0. The van der Waals surface area contributed by atoms with Crippen molar-refractivity contribution in [3.63, 3.8) is 0 Å². The molecule has 6 heteroatoms. The van der Waals surface area contributed by atoms with Crippen molar-refractivity contribution in [3.8, 4) is 22.5 Å². The van der Waals surface area contributed by atoms with Crippen molar-refractivity contribution in [2.45, 2.75) is 19.9 Å². The van der Waals surface area contributed by atoms with Gasteiger partial charge in [-0.2, -0.15) is 5.10 Å². The summed E-state index contributed by atoms with van der Waals surface area (Å²) in [6.45, 7) is 2.30. The number of hydrogen-bond donors (Lipinski definition) is 2. The van der Waals surface area contributed by atoms with E-state index in [2.05, 4.69) is 32.2 Å². The van der Waals surface area contributed by atoms with E-state index >= 15 is 0 Å². The Bertz CT molecular complexity index is 1050. The van der Waals surface area contributed by atoms with Crippen molar-refractivity contribution in [1.29, 1.82) is 0 Å². The minimum Gasteiger partial charge on any atom is -0.330 e. The summed E-state index contributed by atoms with van der Waals surface area (Å²) in [5.41, 5.74) is 6.07. The molecule has 4 aromatic rings. The number of amides is 1. The van der Waals surface area contributed by atoms with Crippen LogP contribution >= 0.6 is 0 Å². The van der Waals surface area contributed by atoms with Gasteiger partial charge in [0.1, 0.15) is 0 Å². The van der Waals surface area contributed by atoms with Crippen LogP contribution in [-0.2, 0) is 17.8 Å². The number of nitrogens with one attached hydrogen (secondary N) is 2. The largest absolute Gasteiger partial charge is 0.330 e. The molecule has 0 aliphatic heterocycles. The van der Waals surface area contributed by atoms with E-state index in [1.54, 1.807) is 0 Å². The summed E-state index contributed by atoms with van der Waals surface area (Å²) in [5.74, 6) is -0.0807. The predicted octanol–water partition coefficient (Wildman–Crippen LogP) is 4.14. The number of aromatic nitrogens is 4. The second kappa shape index (κ2) is 7.92. The van der Waals surface area contributed by atoms with Crippen LogP contribution in [0.25, 0.3) is 22.5 Å². The number of H-pyrrole nitrogens is 1. The lowest BCUT2D eigenvalue weighted by Gasteiger charge is -2.11. The van der Waals surface area contributed by atoms with E-state index in [4.69, 9.17) is 4.98 Å². The van der Waals surface area contributed by atoms with Crippen LogP contribution < -0.4 is 5.32 Å². The van der Waals surface area contributed by atoms with Gasteiger partial charge in [0.25, 0.3) is 0 Å². The maximum atomic E-state index is 11.3. The monoisotopic (exact) mass is 371 g/mol. The van der Waals surface area contributed by atoms with E-state index in [9.17, 15) is 4.79 Å². The van der Waals surface area contributed by atoms with Crippen LogP contribution in [0, 0.1) is 0 Å². The molecule has 0 atom stereocenters. The number of rotatable bonds is 6. The van der Waals surface area contributed by atoms with Crippen LogP contribution in [0.4, 0.5) is 5.69 Å². The van der Waals surface area contributed by atoms with Gasteiger partial charge >= 0.3 is 0 Å². The molecule has 0 unspecified atom stereocenters. The molecule has 2 N–H and O–H groups in total. The van der Waals surface area contributed by atoms with Crippen molar-refractivity contribution in [2.75, 3.05) is 5.32 Å². The Morgan fingerprint density at radius 3 is 2.54 bits per heavy atom. The molecule has 0 saturated carbocycles. The molecule has 0 fully saturated rings. The number of aryl methyl sites for hydroxylation is 2. The minimum atomic E-state index is -0.0807. The normalized spacial score (nSPS) is 10.8. The van der Waals surface area contributed by atoms with Gasteiger partial charge in [-0.15, -0.1) is 0 Å². The van der Waals surface area contributed by atoms with Crippen LogP contribution in [0.15, 0.2) is 73.3 Å². The zero-order valence-electron chi connectivity index (χ0n) is 15.6. The Kier molecular flexibility index (Phi) is 5.01. The van der Waals surface area contributed by atoms with Gasteiger partial charge in [0.2, 0.25) is 5.91 Å². The van der Waals surface area contributed by atoms with Gasteiger partial charge in [-0.25, -0.2) is 4.98 Å². The molecule has 2 aromatic heterocycles. The van der Waals surface area contributed by atoms with E-state index in [-0.39, 0.29) is 5.91 Å². The lowest BCUT2D eigenvalue weighted by molar-refractivity contribution is -0.114. The maximum absolute atomic E-state index is 11.3.